The molecule has 1 fully saturated rings. The molecule has 1 nitrogen and oxygen atoms in total. The number of nitrogens with one attached hydrogen (secondary N) is 1. The normalized spacial score (nSPS) is 17.7. The zero-order valence-electron chi connectivity index (χ0n) is 9.22. The maximum atomic E-state index is 13.3. The van der Waals surface area contributed by atoms with Gasteiger partial charge in [0.15, 0.2) is 0 Å². The molecule has 15 heavy (non-hydrogen) atoms. The summed E-state index contributed by atoms with van der Waals surface area (Å²) in [6.45, 7) is 1.83. The van der Waals surface area contributed by atoms with E-state index in [4.69, 9.17) is 0 Å². The monoisotopic (exact) mass is 207 g/mol. The Morgan fingerprint density at radius 1 is 1.20 bits per heavy atom. The molecule has 1 aromatic carbocycles. The number of benzene rings is 1. The summed E-state index contributed by atoms with van der Waals surface area (Å²) in [5.41, 5.74) is 1.70. The first-order chi connectivity index (χ1) is 7.27. The second kappa shape index (κ2) is 4.65. The van der Waals surface area contributed by atoms with E-state index >= 15 is 0 Å². The SMILES string of the molecule is Cc1c(F)cccc1NC1CCCCC1. The fourth-order valence-electron chi connectivity index (χ4n) is 2.23. The minimum absolute atomic E-state index is 0.115. The lowest BCUT2D eigenvalue weighted by atomic mass is 9.95. The van der Waals surface area contributed by atoms with Crippen molar-refractivity contribution in [2.24, 2.45) is 0 Å². The van der Waals surface area contributed by atoms with Gasteiger partial charge in [0.1, 0.15) is 5.82 Å². The Balaban J connectivity index is 2.06. The van der Waals surface area contributed by atoms with Gasteiger partial charge in [0.05, 0.1) is 0 Å². The predicted molar refractivity (Wildman–Crippen MR) is 61.6 cm³/mol. The van der Waals surface area contributed by atoms with Crippen LogP contribution < -0.4 is 5.32 Å². The van der Waals surface area contributed by atoms with Crippen LogP contribution in [0, 0.1) is 12.7 Å². The van der Waals surface area contributed by atoms with Gasteiger partial charge in [0, 0.05) is 17.3 Å². The fraction of sp³-hybridized carbons (Fsp3) is 0.538. The van der Waals surface area contributed by atoms with Crippen LogP contribution >= 0.6 is 0 Å². The number of hydrogen-bond acceptors (Lipinski definition) is 1. The summed E-state index contributed by atoms with van der Waals surface area (Å²) in [5.74, 6) is -0.115. The molecule has 0 spiro atoms. The Morgan fingerprint density at radius 3 is 2.67 bits per heavy atom. The van der Waals surface area contributed by atoms with Crippen molar-refractivity contribution in [3.05, 3.63) is 29.6 Å². The van der Waals surface area contributed by atoms with Gasteiger partial charge in [-0.15, -0.1) is 0 Å². The summed E-state index contributed by atoms with van der Waals surface area (Å²) < 4.78 is 13.3. The van der Waals surface area contributed by atoms with E-state index in [0.29, 0.717) is 6.04 Å². The highest BCUT2D eigenvalue weighted by Crippen LogP contribution is 2.24. The number of hydrogen-bond donors (Lipinski definition) is 1. The van der Waals surface area contributed by atoms with Crippen molar-refractivity contribution in [3.8, 4) is 0 Å². The van der Waals surface area contributed by atoms with Crippen molar-refractivity contribution in [1.82, 2.24) is 0 Å². The molecule has 1 aromatic rings. The van der Waals surface area contributed by atoms with Crippen LogP contribution in [0.5, 0.6) is 0 Å². The van der Waals surface area contributed by atoms with E-state index in [1.54, 1.807) is 6.07 Å². The summed E-state index contributed by atoms with van der Waals surface area (Å²) >= 11 is 0. The molecule has 0 atom stereocenters. The van der Waals surface area contributed by atoms with Crippen molar-refractivity contribution in [1.29, 1.82) is 0 Å². The summed E-state index contributed by atoms with van der Waals surface area (Å²) in [6.07, 6.45) is 6.38. The highest BCUT2D eigenvalue weighted by Gasteiger charge is 2.14. The molecule has 2 rings (SSSR count). The highest BCUT2D eigenvalue weighted by atomic mass is 19.1. The molecule has 0 aliphatic heterocycles. The smallest absolute Gasteiger partial charge is 0.128 e. The molecule has 1 saturated carbocycles. The van der Waals surface area contributed by atoms with Crippen molar-refractivity contribution in [3.63, 3.8) is 0 Å². The van der Waals surface area contributed by atoms with Crippen LogP contribution in [0.15, 0.2) is 18.2 Å². The molecule has 0 saturated heterocycles. The largest absolute Gasteiger partial charge is 0.382 e. The molecule has 1 aliphatic carbocycles. The minimum Gasteiger partial charge on any atom is -0.382 e. The summed E-state index contributed by atoms with van der Waals surface area (Å²) in [7, 11) is 0. The Labute approximate surface area is 90.7 Å². The predicted octanol–water partition coefficient (Wildman–Crippen LogP) is 3.88. The summed E-state index contributed by atoms with van der Waals surface area (Å²) in [6, 6.07) is 5.79. The van der Waals surface area contributed by atoms with Gasteiger partial charge in [-0.25, -0.2) is 4.39 Å². The maximum absolute atomic E-state index is 13.3. The molecule has 0 bridgehead atoms. The number of rotatable bonds is 2. The van der Waals surface area contributed by atoms with Crippen LogP contribution in [0.25, 0.3) is 0 Å². The topological polar surface area (TPSA) is 12.0 Å². The van der Waals surface area contributed by atoms with E-state index in [0.717, 1.165) is 11.3 Å². The lowest BCUT2D eigenvalue weighted by molar-refractivity contribution is 0.462. The molecule has 0 aromatic heterocycles. The van der Waals surface area contributed by atoms with Gasteiger partial charge in [-0.05, 0) is 31.9 Å². The van der Waals surface area contributed by atoms with Gasteiger partial charge in [-0.1, -0.05) is 25.3 Å². The third-order valence-corrected chi connectivity index (χ3v) is 3.23. The summed E-state index contributed by atoms with van der Waals surface area (Å²) in [5, 5.41) is 3.45. The van der Waals surface area contributed by atoms with Crippen LogP contribution in [-0.4, -0.2) is 6.04 Å². The van der Waals surface area contributed by atoms with Gasteiger partial charge in [0.25, 0.3) is 0 Å². The Morgan fingerprint density at radius 2 is 1.93 bits per heavy atom. The van der Waals surface area contributed by atoms with Gasteiger partial charge < -0.3 is 5.32 Å². The van der Waals surface area contributed by atoms with Crippen molar-refractivity contribution in [2.45, 2.75) is 45.1 Å². The van der Waals surface area contributed by atoms with Gasteiger partial charge >= 0.3 is 0 Å². The van der Waals surface area contributed by atoms with Crippen LogP contribution in [0.3, 0.4) is 0 Å². The average molecular weight is 207 g/mol. The standard InChI is InChI=1S/C13H18FN/c1-10-12(14)8-5-9-13(10)15-11-6-3-2-4-7-11/h5,8-9,11,15H,2-4,6-7H2,1H3. The zero-order valence-corrected chi connectivity index (χ0v) is 9.22. The van der Waals surface area contributed by atoms with E-state index in [9.17, 15) is 4.39 Å². The lowest BCUT2D eigenvalue weighted by Gasteiger charge is -2.24. The van der Waals surface area contributed by atoms with E-state index in [2.05, 4.69) is 5.32 Å². The minimum atomic E-state index is -0.115. The first-order valence-electron chi connectivity index (χ1n) is 5.79. The van der Waals surface area contributed by atoms with Gasteiger partial charge in [0.2, 0.25) is 0 Å². The Kier molecular flexibility index (Phi) is 3.24. The van der Waals surface area contributed by atoms with Crippen molar-refractivity contribution in [2.75, 3.05) is 5.32 Å². The molecular weight excluding hydrogens is 189 g/mol. The Hall–Kier alpha value is -1.05. The molecule has 0 heterocycles. The molecule has 0 unspecified atom stereocenters. The molecule has 1 aliphatic rings. The first kappa shape index (κ1) is 10.5. The van der Waals surface area contributed by atoms with Crippen LogP contribution in [-0.2, 0) is 0 Å². The number of anilines is 1. The van der Waals surface area contributed by atoms with E-state index in [1.807, 2.05) is 13.0 Å². The molecule has 82 valence electrons. The second-order valence-corrected chi connectivity index (χ2v) is 4.39. The molecule has 0 radical (unpaired) electrons. The van der Waals surface area contributed by atoms with Crippen LogP contribution in [0.4, 0.5) is 10.1 Å². The fourth-order valence-corrected chi connectivity index (χ4v) is 2.23. The molecule has 0 amide bonds. The quantitative estimate of drug-likeness (QED) is 0.776. The third-order valence-electron chi connectivity index (χ3n) is 3.23. The van der Waals surface area contributed by atoms with Crippen molar-refractivity contribution >= 4 is 5.69 Å². The third kappa shape index (κ3) is 2.49. The van der Waals surface area contributed by atoms with E-state index in [-0.39, 0.29) is 5.82 Å². The zero-order chi connectivity index (χ0) is 10.7. The highest BCUT2D eigenvalue weighted by molar-refractivity contribution is 5.51. The van der Waals surface area contributed by atoms with Crippen LogP contribution in [0.2, 0.25) is 0 Å². The van der Waals surface area contributed by atoms with Gasteiger partial charge in [-0.2, -0.15) is 0 Å². The van der Waals surface area contributed by atoms with Crippen LogP contribution in [0.1, 0.15) is 37.7 Å². The second-order valence-electron chi connectivity index (χ2n) is 4.39. The summed E-state index contributed by atoms with van der Waals surface area (Å²) in [4.78, 5) is 0. The molecular formula is C13H18FN. The van der Waals surface area contributed by atoms with E-state index < -0.39 is 0 Å². The Bertz CT molecular complexity index is 329. The first-order valence-corrected chi connectivity index (χ1v) is 5.79. The molecule has 1 N–H and O–H groups in total. The lowest BCUT2D eigenvalue weighted by Crippen LogP contribution is -2.22. The molecule has 2 heteroatoms. The van der Waals surface area contributed by atoms with Gasteiger partial charge in [-0.3, -0.25) is 0 Å². The van der Waals surface area contributed by atoms with E-state index in [1.165, 1.54) is 38.2 Å². The number of halogens is 1. The average Bonchev–Trinajstić information content (AvgIpc) is 2.26. The van der Waals surface area contributed by atoms with Crippen molar-refractivity contribution < 1.29 is 4.39 Å². The maximum Gasteiger partial charge on any atom is 0.128 e.